The molecule has 0 spiro atoms. The van der Waals surface area contributed by atoms with E-state index in [0.717, 1.165) is 50.3 Å². The lowest BCUT2D eigenvalue weighted by Crippen LogP contribution is -2.49. The van der Waals surface area contributed by atoms with Crippen LogP contribution >= 0.6 is 0 Å². The first-order valence-electron chi connectivity index (χ1n) is 8.89. The molecule has 0 unspecified atom stereocenters. The summed E-state index contributed by atoms with van der Waals surface area (Å²) in [5.74, 6) is 0.126. The monoisotopic (exact) mass is 338 g/mol. The Hall–Kier alpha value is -2.17. The van der Waals surface area contributed by atoms with Gasteiger partial charge in [-0.15, -0.1) is 0 Å². The maximum Gasteiger partial charge on any atom is 0.253 e. The molecule has 25 heavy (non-hydrogen) atoms. The maximum absolute atomic E-state index is 12.7. The highest BCUT2D eigenvalue weighted by molar-refractivity contribution is 5.94. The average Bonchev–Trinajstić information content (AvgIpc) is 2.67. The van der Waals surface area contributed by atoms with Gasteiger partial charge in [-0.25, -0.2) is 0 Å². The second-order valence-electron chi connectivity index (χ2n) is 6.50. The van der Waals surface area contributed by atoms with Gasteiger partial charge in [0.2, 0.25) is 0 Å². The van der Waals surface area contributed by atoms with E-state index in [-0.39, 0.29) is 5.91 Å². The topological polar surface area (TPSA) is 32.8 Å². The van der Waals surface area contributed by atoms with Crippen LogP contribution in [0.25, 0.3) is 0 Å². The molecule has 1 amide bonds. The third kappa shape index (κ3) is 4.91. The predicted molar refractivity (Wildman–Crippen MR) is 99.6 cm³/mol. The summed E-state index contributed by atoms with van der Waals surface area (Å²) in [7, 11) is 1.67. The van der Waals surface area contributed by atoms with E-state index in [1.165, 1.54) is 5.56 Å². The lowest BCUT2D eigenvalue weighted by atomic mass is 10.1. The van der Waals surface area contributed by atoms with Crippen molar-refractivity contribution in [1.82, 2.24) is 9.80 Å². The molecule has 2 aromatic rings. The Morgan fingerprint density at radius 3 is 2.40 bits per heavy atom. The molecule has 2 aromatic carbocycles. The summed E-state index contributed by atoms with van der Waals surface area (Å²) in [5, 5.41) is 0. The van der Waals surface area contributed by atoms with Crippen molar-refractivity contribution in [2.75, 3.05) is 39.8 Å². The van der Waals surface area contributed by atoms with E-state index >= 15 is 0 Å². The van der Waals surface area contributed by atoms with Gasteiger partial charge >= 0.3 is 0 Å². The third-order valence-electron chi connectivity index (χ3n) is 4.70. The van der Waals surface area contributed by atoms with Crippen molar-refractivity contribution in [3.63, 3.8) is 0 Å². The van der Waals surface area contributed by atoms with Gasteiger partial charge < -0.3 is 9.64 Å². The molecule has 4 nitrogen and oxygen atoms in total. The van der Waals surface area contributed by atoms with Crippen molar-refractivity contribution in [3.05, 3.63) is 71.3 Å². The molecule has 0 aliphatic carbocycles. The summed E-state index contributed by atoms with van der Waals surface area (Å²) in [4.78, 5) is 17.1. The second-order valence-corrected chi connectivity index (χ2v) is 6.50. The first kappa shape index (κ1) is 17.6. The SMILES string of the molecule is COCc1cccc(C(=O)N2CCN(CCc3ccccc3)CC2)c1. The van der Waals surface area contributed by atoms with Crippen molar-refractivity contribution in [3.8, 4) is 0 Å². The van der Waals surface area contributed by atoms with Crippen LogP contribution in [0.4, 0.5) is 0 Å². The van der Waals surface area contributed by atoms with E-state index in [0.29, 0.717) is 6.61 Å². The van der Waals surface area contributed by atoms with Gasteiger partial charge in [0.25, 0.3) is 5.91 Å². The highest BCUT2D eigenvalue weighted by Crippen LogP contribution is 2.12. The molecule has 0 bridgehead atoms. The number of benzene rings is 2. The normalized spacial score (nSPS) is 15.3. The highest BCUT2D eigenvalue weighted by atomic mass is 16.5. The van der Waals surface area contributed by atoms with E-state index in [9.17, 15) is 4.79 Å². The number of ether oxygens (including phenoxy) is 1. The molecule has 0 saturated carbocycles. The molecular formula is C21H26N2O2. The number of methoxy groups -OCH3 is 1. The molecule has 1 heterocycles. The summed E-state index contributed by atoms with van der Waals surface area (Å²) >= 11 is 0. The Morgan fingerprint density at radius 2 is 1.68 bits per heavy atom. The van der Waals surface area contributed by atoms with Gasteiger partial charge in [0.1, 0.15) is 0 Å². The van der Waals surface area contributed by atoms with Crippen LogP contribution in [-0.4, -0.2) is 55.5 Å². The van der Waals surface area contributed by atoms with Crippen molar-refractivity contribution in [1.29, 1.82) is 0 Å². The van der Waals surface area contributed by atoms with Crippen LogP contribution in [0.3, 0.4) is 0 Å². The number of amides is 1. The van der Waals surface area contributed by atoms with E-state index in [4.69, 9.17) is 4.74 Å². The van der Waals surface area contributed by atoms with E-state index in [1.54, 1.807) is 7.11 Å². The smallest absolute Gasteiger partial charge is 0.253 e. The minimum Gasteiger partial charge on any atom is -0.380 e. The third-order valence-corrected chi connectivity index (χ3v) is 4.70. The number of nitrogens with zero attached hydrogens (tertiary/aromatic N) is 2. The molecule has 4 heteroatoms. The van der Waals surface area contributed by atoms with Gasteiger partial charge in [-0.1, -0.05) is 42.5 Å². The van der Waals surface area contributed by atoms with E-state index < -0.39 is 0 Å². The fourth-order valence-corrected chi connectivity index (χ4v) is 3.25. The lowest BCUT2D eigenvalue weighted by Gasteiger charge is -2.34. The zero-order valence-corrected chi connectivity index (χ0v) is 14.9. The standard InChI is InChI=1S/C21H26N2O2/c1-25-17-19-8-5-9-20(16-19)21(24)23-14-12-22(13-15-23)11-10-18-6-3-2-4-7-18/h2-9,16H,10-15,17H2,1H3. The van der Waals surface area contributed by atoms with Crippen molar-refractivity contribution in [2.24, 2.45) is 0 Å². The van der Waals surface area contributed by atoms with Crippen LogP contribution in [-0.2, 0) is 17.8 Å². The van der Waals surface area contributed by atoms with Crippen LogP contribution in [0.2, 0.25) is 0 Å². The number of hydrogen-bond acceptors (Lipinski definition) is 3. The van der Waals surface area contributed by atoms with Crippen molar-refractivity contribution >= 4 is 5.91 Å². The van der Waals surface area contributed by atoms with Crippen LogP contribution < -0.4 is 0 Å². The molecule has 0 aromatic heterocycles. The zero-order valence-electron chi connectivity index (χ0n) is 14.9. The molecule has 1 fully saturated rings. The number of carbonyl (C=O) groups excluding carboxylic acids is 1. The molecule has 0 radical (unpaired) electrons. The fraction of sp³-hybridized carbons (Fsp3) is 0.381. The Bertz CT molecular complexity index is 679. The Balaban J connectivity index is 1.50. The Morgan fingerprint density at radius 1 is 0.960 bits per heavy atom. The van der Waals surface area contributed by atoms with Gasteiger partial charge in [0.05, 0.1) is 6.61 Å². The average molecular weight is 338 g/mol. The van der Waals surface area contributed by atoms with Crippen LogP contribution in [0.1, 0.15) is 21.5 Å². The highest BCUT2D eigenvalue weighted by Gasteiger charge is 2.22. The summed E-state index contributed by atoms with van der Waals surface area (Å²) in [6.45, 7) is 5.06. The molecule has 0 atom stereocenters. The number of piperazine rings is 1. The molecule has 132 valence electrons. The van der Waals surface area contributed by atoms with Gasteiger partial charge in [-0.05, 0) is 29.7 Å². The van der Waals surface area contributed by atoms with Crippen molar-refractivity contribution < 1.29 is 9.53 Å². The van der Waals surface area contributed by atoms with Gasteiger partial charge in [0, 0.05) is 45.4 Å². The van der Waals surface area contributed by atoms with Gasteiger partial charge in [0.15, 0.2) is 0 Å². The molecule has 0 N–H and O–H groups in total. The van der Waals surface area contributed by atoms with Gasteiger partial charge in [-0.3, -0.25) is 9.69 Å². The number of carbonyl (C=O) groups is 1. The summed E-state index contributed by atoms with van der Waals surface area (Å²) in [5.41, 5.74) is 3.16. The van der Waals surface area contributed by atoms with E-state index in [2.05, 4.69) is 35.2 Å². The summed E-state index contributed by atoms with van der Waals surface area (Å²) in [6.07, 6.45) is 1.06. The molecule has 1 aliphatic heterocycles. The molecule has 1 aliphatic rings. The molecule has 3 rings (SSSR count). The first-order chi connectivity index (χ1) is 12.3. The fourth-order valence-electron chi connectivity index (χ4n) is 3.25. The van der Waals surface area contributed by atoms with Gasteiger partial charge in [-0.2, -0.15) is 0 Å². The maximum atomic E-state index is 12.7. The van der Waals surface area contributed by atoms with Crippen molar-refractivity contribution in [2.45, 2.75) is 13.0 Å². The minimum atomic E-state index is 0.126. The van der Waals surface area contributed by atoms with Crippen LogP contribution in [0.15, 0.2) is 54.6 Å². The molecule has 1 saturated heterocycles. The number of hydrogen-bond donors (Lipinski definition) is 0. The molecular weight excluding hydrogens is 312 g/mol. The predicted octanol–water partition coefficient (Wildman–Crippen LogP) is 2.83. The number of rotatable bonds is 6. The van der Waals surface area contributed by atoms with E-state index in [1.807, 2.05) is 29.2 Å². The minimum absolute atomic E-state index is 0.126. The largest absolute Gasteiger partial charge is 0.380 e. The second kappa shape index (κ2) is 8.79. The zero-order chi connectivity index (χ0) is 17.5. The Kier molecular flexibility index (Phi) is 6.20. The quantitative estimate of drug-likeness (QED) is 0.812. The first-order valence-corrected chi connectivity index (χ1v) is 8.89. The summed E-state index contributed by atoms with van der Waals surface area (Å²) in [6, 6.07) is 18.3. The Labute approximate surface area is 150 Å². The van der Waals surface area contributed by atoms with Crippen LogP contribution in [0, 0.1) is 0 Å². The van der Waals surface area contributed by atoms with Crippen LogP contribution in [0.5, 0.6) is 0 Å². The summed E-state index contributed by atoms with van der Waals surface area (Å²) < 4.78 is 5.15. The lowest BCUT2D eigenvalue weighted by molar-refractivity contribution is 0.0638.